The first-order valence-corrected chi connectivity index (χ1v) is 9.43. The van der Waals surface area contributed by atoms with Crippen LogP contribution in [0, 0.1) is 11.8 Å². The van der Waals surface area contributed by atoms with Crippen LogP contribution in [0.15, 0.2) is 36.0 Å². The zero-order valence-corrected chi connectivity index (χ0v) is 14.6. The van der Waals surface area contributed by atoms with Crippen LogP contribution in [0.25, 0.3) is 0 Å². The number of hydrogen-bond acceptors (Lipinski definition) is 3. The zero-order valence-electron chi connectivity index (χ0n) is 14.6. The molecular formula is C20H25N3O2. The summed E-state index contributed by atoms with van der Waals surface area (Å²) in [6.45, 7) is 2.60. The number of amides is 2. The fourth-order valence-corrected chi connectivity index (χ4v) is 3.63. The third-order valence-electron chi connectivity index (χ3n) is 5.37. The minimum Gasteiger partial charge on any atom is -0.337 e. The van der Waals surface area contributed by atoms with Gasteiger partial charge in [-0.1, -0.05) is 11.6 Å². The summed E-state index contributed by atoms with van der Waals surface area (Å²) in [5.41, 5.74) is 1.88. The Morgan fingerprint density at radius 3 is 2.28 bits per heavy atom. The molecule has 1 saturated heterocycles. The lowest BCUT2D eigenvalue weighted by Gasteiger charge is -2.21. The number of aromatic nitrogens is 1. The molecule has 3 aliphatic rings. The van der Waals surface area contributed by atoms with Crippen molar-refractivity contribution in [2.24, 2.45) is 11.8 Å². The van der Waals surface area contributed by atoms with Crippen LogP contribution in [0.1, 0.15) is 42.6 Å². The molecule has 2 heterocycles. The third-order valence-corrected chi connectivity index (χ3v) is 5.37. The summed E-state index contributed by atoms with van der Waals surface area (Å²) >= 11 is 0. The number of rotatable bonds is 4. The van der Waals surface area contributed by atoms with Crippen molar-refractivity contribution in [1.29, 1.82) is 0 Å². The number of carbonyl (C=O) groups is 2. The van der Waals surface area contributed by atoms with E-state index in [9.17, 15) is 9.59 Å². The monoisotopic (exact) mass is 339 g/mol. The normalized spacial score (nSPS) is 20.8. The Morgan fingerprint density at radius 2 is 1.64 bits per heavy atom. The van der Waals surface area contributed by atoms with E-state index in [2.05, 4.69) is 4.98 Å². The van der Waals surface area contributed by atoms with Gasteiger partial charge in [0.2, 0.25) is 5.91 Å². The predicted molar refractivity (Wildman–Crippen MR) is 94.9 cm³/mol. The minimum atomic E-state index is -0.0397. The van der Waals surface area contributed by atoms with E-state index in [4.69, 9.17) is 0 Å². The maximum absolute atomic E-state index is 12.7. The number of carbonyl (C=O) groups excluding carboxylic acids is 2. The molecule has 1 aromatic rings. The van der Waals surface area contributed by atoms with E-state index >= 15 is 0 Å². The van der Waals surface area contributed by atoms with Crippen LogP contribution < -0.4 is 0 Å². The Morgan fingerprint density at radius 1 is 0.960 bits per heavy atom. The molecule has 25 heavy (non-hydrogen) atoms. The molecular weight excluding hydrogens is 314 g/mol. The van der Waals surface area contributed by atoms with E-state index in [0.29, 0.717) is 37.2 Å². The zero-order chi connectivity index (χ0) is 17.2. The summed E-state index contributed by atoms with van der Waals surface area (Å²) in [5, 5.41) is 0. The fourth-order valence-electron chi connectivity index (χ4n) is 3.63. The molecule has 0 unspecified atom stereocenters. The number of nitrogens with zero attached hydrogens (tertiary/aromatic N) is 3. The first kappa shape index (κ1) is 16.3. The van der Waals surface area contributed by atoms with Crippen LogP contribution in [0.2, 0.25) is 0 Å². The highest BCUT2D eigenvalue weighted by Gasteiger charge is 2.37. The quantitative estimate of drug-likeness (QED) is 0.792. The Balaban J connectivity index is 1.38. The third kappa shape index (κ3) is 3.91. The summed E-state index contributed by atoms with van der Waals surface area (Å²) in [7, 11) is 0. The molecule has 0 radical (unpaired) electrons. The van der Waals surface area contributed by atoms with Crippen LogP contribution in [0.3, 0.4) is 0 Å². The van der Waals surface area contributed by atoms with Crippen molar-refractivity contribution >= 4 is 11.8 Å². The van der Waals surface area contributed by atoms with Crippen molar-refractivity contribution in [2.45, 2.75) is 32.1 Å². The lowest BCUT2D eigenvalue weighted by atomic mass is 10.1. The van der Waals surface area contributed by atoms with Gasteiger partial charge in [-0.2, -0.15) is 0 Å². The van der Waals surface area contributed by atoms with E-state index in [-0.39, 0.29) is 11.8 Å². The van der Waals surface area contributed by atoms with Crippen molar-refractivity contribution in [3.05, 3.63) is 41.7 Å². The molecule has 2 amide bonds. The lowest BCUT2D eigenvalue weighted by Crippen LogP contribution is -2.37. The summed E-state index contributed by atoms with van der Waals surface area (Å²) in [6.07, 6.45) is 9.39. The summed E-state index contributed by atoms with van der Waals surface area (Å²) < 4.78 is 0. The van der Waals surface area contributed by atoms with E-state index in [0.717, 1.165) is 13.0 Å². The molecule has 4 rings (SSSR count). The standard InChI is InChI=1S/C20H25N3O2/c24-19(14-17(15-5-6-15)16-7-8-16)22-10-3-11-23(13-12-22)20(25)18-4-1-2-9-21-18/h1-2,4,9,14-16H,3,5-8,10-13H2. The molecule has 3 fully saturated rings. The van der Waals surface area contributed by atoms with Gasteiger partial charge in [-0.15, -0.1) is 0 Å². The maximum atomic E-state index is 12.7. The highest BCUT2D eigenvalue weighted by molar-refractivity contribution is 5.92. The SMILES string of the molecule is O=C(C=C(C1CC1)C1CC1)N1CCCN(C(=O)c2ccccn2)CC1. The van der Waals surface area contributed by atoms with E-state index in [1.807, 2.05) is 28.0 Å². The second-order valence-corrected chi connectivity index (χ2v) is 7.38. The molecule has 2 saturated carbocycles. The second-order valence-electron chi connectivity index (χ2n) is 7.38. The van der Waals surface area contributed by atoms with Crippen molar-refractivity contribution in [2.75, 3.05) is 26.2 Å². The van der Waals surface area contributed by atoms with E-state index < -0.39 is 0 Å². The molecule has 5 heteroatoms. The van der Waals surface area contributed by atoms with Crippen LogP contribution in [-0.2, 0) is 4.79 Å². The number of allylic oxidation sites excluding steroid dienone is 1. The van der Waals surface area contributed by atoms with Crippen LogP contribution in [0.5, 0.6) is 0 Å². The number of hydrogen-bond donors (Lipinski definition) is 0. The van der Waals surface area contributed by atoms with Gasteiger partial charge in [0, 0.05) is 38.5 Å². The van der Waals surface area contributed by atoms with E-state index in [1.165, 1.54) is 31.3 Å². The highest BCUT2D eigenvalue weighted by atomic mass is 16.2. The van der Waals surface area contributed by atoms with Gasteiger partial charge in [-0.3, -0.25) is 14.6 Å². The smallest absolute Gasteiger partial charge is 0.272 e. The van der Waals surface area contributed by atoms with Crippen molar-refractivity contribution in [1.82, 2.24) is 14.8 Å². The molecule has 0 spiro atoms. The van der Waals surface area contributed by atoms with Gasteiger partial charge in [0.05, 0.1) is 0 Å². The maximum Gasteiger partial charge on any atom is 0.272 e. The summed E-state index contributed by atoms with van der Waals surface area (Å²) in [4.78, 5) is 33.1. The van der Waals surface area contributed by atoms with Crippen molar-refractivity contribution < 1.29 is 9.59 Å². The fraction of sp³-hybridized carbons (Fsp3) is 0.550. The Hall–Kier alpha value is -2.17. The molecule has 0 aromatic carbocycles. The molecule has 0 atom stereocenters. The molecule has 0 N–H and O–H groups in total. The van der Waals surface area contributed by atoms with Gasteiger partial charge in [-0.05, 0) is 56.1 Å². The van der Waals surface area contributed by atoms with Gasteiger partial charge >= 0.3 is 0 Å². The molecule has 5 nitrogen and oxygen atoms in total. The minimum absolute atomic E-state index is 0.0397. The Labute approximate surface area is 148 Å². The molecule has 1 aromatic heterocycles. The van der Waals surface area contributed by atoms with Gasteiger partial charge in [-0.25, -0.2) is 0 Å². The van der Waals surface area contributed by atoms with Crippen molar-refractivity contribution in [3.63, 3.8) is 0 Å². The molecule has 1 aliphatic heterocycles. The van der Waals surface area contributed by atoms with Gasteiger partial charge in [0.1, 0.15) is 5.69 Å². The molecule has 132 valence electrons. The highest BCUT2D eigenvalue weighted by Crippen LogP contribution is 2.48. The van der Waals surface area contributed by atoms with E-state index in [1.54, 1.807) is 12.3 Å². The van der Waals surface area contributed by atoms with Gasteiger partial charge in [0.25, 0.3) is 5.91 Å². The Kier molecular flexibility index (Phi) is 4.55. The topological polar surface area (TPSA) is 53.5 Å². The Bertz CT molecular complexity index is 663. The average Bonchev–Trinajstić information content (AvgIpc) is 3.53. The van der Waals surface area contributed by atoms with Crippen LogP contribution in [0.4, 0.5) is 0 Å². The van der Waals surface area contributed by atoms with Gasteiger partial charge < -0.3 is 9.80 Å². The molecule has 2 aliphatic carbocycles. The first-order valence-electron chi connectivity index (χ1n) is 9.43. The second kappa shape index (κ2) is 6.98. The largest absolute Gasteiger partial charge is 0.337 e. The van der Waals surface area contributed by atoms with Crippen LogP contribution in [-0.4, -0.2) is 52.8 Å². The summed E-state index contributed by atoms with van der Waals surface area (Å²) in [5.74, 6) is 1.44. The van der Waals surface area contributed by atoms with Crippen LogP contribution >= 0.6 is 0 Å². The average molecular weight is 339 g/mol. The van der Waals surface area contributed by atoms with Crippen molar-refractivity contribution in [3.8, 4) is 0 Å². The summed E-state index contributed by atoms with van der Waals surface area (Å²) in [6, 6.07) is 5.38. The molecule has 0 bridgehead atoms. The lowest BCUT2D eigenvalue weighted by molar-refractivity contribution is -0.126. The predicted octanol–water partition coefficient (Wildman–Crippen LogP) is 2.50. The first-order chi connectivity index (χ1) is 12.2. The number of pyridine rings is 1. The van der Waals surface area contributed by atoms with Gasteiger partial charge in [0.15, 0.2) is 0 Å².